The molecule has 7 heteroatoms. The summed E-state index contributed by atoms with van der Waals surface area (Å²) in [7, 11) is 0. The van der Waals surface area contributed by atoms with E-state index in [1.807, 2.05) is 0 Å². The van der Waals surface area contributed by atoms with Gasteiger partial charge in [0.15, 0.2) is 0 Å². The van der Waals surface area contributed by atoms with Crippen molar-refractivity contribution in [3.63, 3.8) is 0 Å². The summed E-state index contributed by atoms with van der Waals surface area (Å²) in [6.45, 7) is 0. The van der Waals surface area contributed by atoms with Crippen molar-refractivity contribution in [1.82, 2.24) is 0 Å². The van der Waals surface area contributed by atoms with Crippen molar-refractivity contribution in [2.24, 2.45) is 0 Å². The molecule has 94 valence electrons. The van der Waals surface area contributed by atoms with Gasteiger partial charge in [-0.3, -0.25) is 4.79 Å². The molecule has 2 rings (SSSR count). The van der Waals surface area contributed by atoms with Crippen LogP contribution >= 0.6 is 43.2 Å². The monoisotopic (exact) mass is 398 g/mol. The molecule has 2 aromatic rings. The van der Waals surface area contributed by atoms with Crippen molar-refractivity contribution in [2.45, 2.75) is 0 Å². The fraction of sp³-hybridized carbons (Fsp3) is 0. The molecule has 0 bridgehead atoms. The summed E-state index contributed by atoms with van der Waals surface area (Å²) in [5.41, 5.74) is -0.752. The molecule has 1 aromatic heterocycles. The number of ketones is 1. The summed E-state index contributed by atoms with van der Waals surface area (Å²) in [4.78, 5) is 12.1. The number of rotatable bonds is 2. The SMILES string of the molecule is O=C(c1cc(Br)c(Br)s1)c1c(F)cc(F)cc1F. The van der Waals surface area contributed by atoms with Gasteiger partial charge in [0.25, 0.3) is 0 Å². The van der Waals surface area contributed by atoms with Gasteiger partial charge in [-0.1, -0.05) is 0 Å². The number of carbonyl (C=O) groups excluding carboxylic acids is 1. The zero-order chi connectivity index (χ0) is 13.4. The van der Waals surface area contributed by atoms with Gasteiger partial charge in [0.2, 0.25) is 5.78 Å². The number of hydrogen-bond donors (Lipinski definition) is 0. The molecule has 0 aliphatic carbocycles. The Bertz CT molecular complexity index is 597. The third-order valence-corrected chi connectivity index (χ3v) is 5.36. The van der Waals surface area contributed by atoms with Crippen molar-refractivity contribution in [2.75, 3.05) is 0 Å². The minimum Gasteiger partial charge on any atom is -0.287 e. The summed E-state index contributed by atoms with van der Waals surface area (Å²) >= 11 is 7.38. The third kappa shape index (κ3) is 2.53. The molecule has 1 aromatic carbocycles. The maximum absolute atomic E-state index is 13.4. The van der Waals surface area contributed by atoms with E-state index in [1.165, 1.54) is 6.07 Å². The van der Waals surface area contributed by atoms with Crippen molar-refractivity contribution in [3.8, 4) is 0 Å². The van der Waals surface area contributed by atoms with Crippen molar-refractivity contribution >= 4 is 49.0 Å². The second-order valence-electron chi connectivity index (χ2n) is 3.31. The Balaban J connectivity index is 2.52. The van der Waals surface area contributed by atoms with E-state index >= 15 is 0 Å². The lowest BCUT2D eigenvalue weighted by molar-refractivity contribution is 0.103. The fourth-order valence-corrected chi connectivity index (χ4v) is 3.32. The van der Waals surface area contributed by atoms with E-state index in [-0.39, 0.29) is 4.88 Å². The zero-order valence-electron chi connectivity index (χ0n) is 8.44. The molecule has 1 heterocycles. The highest BCUT2D eigenvalue weighted by Gasteiger charge is 2.22. The second kappa shape index (κ2) is 5.14. The molecule has 0 radical (unpaired) electrons. The largest absolute Gasteiger partial charge is 0.287 e. The van der Waals surface area contributed by atoms with Crippen molar-refractivity contribution < 1.29 is 18.0 Å². The Morgan fingerprint density at radius 1 is 1.06 bits per heavy atom. The van der Waals surface area contributed by atoms with Crippen LogP contribution in [0.2, 0.25) is 0 Å². The standard InChI is InChI=1S/C11H3Br2F3OS/c12-5-3-8(18-11(5)13)10(17)9-6(15)1-4(14)2-7(9)16/h1-3H. The molecule has 0 unspecified atom stereocenters. The Hall–Kier alpha value is -0.660. The first-order chi connectivity index (χ1) is 8.40. The average molecular weight is 400 g/mol. The fourth-order valence-electron chi connectivity index (χ4n) is 1.34. The predicted octanol–water partition coefficient (Wildman–Crippen LogP) is 4.92. The number of carbonyl (C=O) groups is 1. The molecule has 1 nitrogen and oxygen atoms in total. The first kappa shape index (κ1) is 13.8. The van der Waals surface area contributed by atoms with Crippen LogP contribution in [0.25, 0.3) is 0 Å². The Morgan fingerprint density at radius 2 is 1.61 bits per heavy atom. The number of thiophene rings is 1. The van der Waals surface area contributed by atoms with E-state index in [1.54, 1.807) is 0 Å². The summed E-state index contributed by atoms with van der Waals surface area (Å²) in [6, 6.07) is 2.40. The summed E-state index contributed by atoms with van der Waals surface area (Å²) in [6.07, 6.45) is 0. The Kier molecular flexibility index (Phi) is 3.93. The molecule has 18 heavy (non-hydrogen) atoms. The van der Waals surface area contributed by atoms with Crippen LogP contribution in [0.1, 0.15) is 15.2 Å². The summed E-state index contributed by atoms with van der Waals surface area (Å²) in [5.74, 6) is -4.30. The molecule has 0 aliphatic heterocycles. The molecule has 0 amide bonds. The maximum atomic E-state index is 13.4. The van der Waals surface area contributed by atoms with E-state index in [4.69, 9.17) is 0 Å². The lowest BCUT2D eigenvalue weighted by atomic mass is 10.1. The van der Waals surface area contributed by atoms with E-state index in [0.717, 1.165) is 11.3 Å². The van der Waals surface area contributed by atoms with Gasteiger partial charge in [-0.05, 0) is 37.9 Å². The highest BCUT2D eigenvalue weighted by molar-refractivity contribution is 9.13. The molecule has 0 spiro atoms. The molecule has 0 fully saturated rings. The van der Waals surface area contributed by atoms with Gasteiger partial charge in [-0.15, -0.1) is 11.3 Å². The van der Waals surface area contributed by atoms with E-state index < -0.39 is 28.8 Å². The Morgan fingerprint density at radius 3 is 2.06 bits per heavy atom. The van der Waals surface area contributed by atoms with Crippen LogP contribution in [0.5, 0.6) is 0 Å². The van der Waals surface area contributed by atoms with E-state index in [0.29, 0.717) is 20.4 Å². The van der Waals surface area contributed by atoms with Crippen molar-refractivity contribution in [1.29, 1.82) is 0 Å². The summed E-state index contributed by atoms with van der Waals surface area (Å²) in [5, 5.41) is 0. The van der Waals surface area contributed by atoms with Gasteiger partial charge < -0.3 is 0 Å². The van der Waals surface area contributed by atoms with Crippen LogP contribution in [-0.2, 0) is 0 Å². The van der Waals surface area contributed by atoms with Crippen LogP contribution < -0.4 is 0 Å². The average Bonchev–Trinajstić information content (AvgIpc) is 2.57. The van der Waals surface area contributed by atoms with E-state index in [2.05, 4.69) is 31.9 Å². The van der Waals surface area contributed by atoms with Gasteiger partial charge in [0.1, 0.15) is 17.5 Å². The van der Waals surface area contributed by atoms with Crippen LogP contribution in [0.3, 0.4) is 0 Å². The van der Waals surface area contributed by atoms with Crippen LogP contribution in [0.15, 0.2) is 26.5 Å². The van der Waals surface area contributed by atoms with E-state index in [9.17, 15) is 18.0 Å². The topological polar surface area (TPSA) is 17.1 Å². The normalized spacial score (nSPS) is 10.7. The molecule has 0 saturated heterocycles. The molecule has 0 aliphatic rings. The third-order valence-electron chi connectivity index (χ3n) is 2.10. The van der Waals surface area contributed by atoms with Crippen molar-refractivity contribution in [3.05, 3.63) is 54.4 Å². The van der Waals surface area contributed by atoms with Gasteiger partial charge in [0, 0.05) is 16.6 Å². The predicted molar refractivity (Wildman–Crippen MR) is 69.5 cm³/mol. The quantitative estimate of drug-likeness (QED) is 0.655. The second-order valence-corrected chi connectivity index (χ2v) is 6.53. The number of halogens is 5. The minimum atomic E-state index is -1.21. The lowest BCUT2D eigenvalue weighted by Gasteiger charge is -2.02. The number of hydrogen-bond acceptors (Lipinski definition) is 2. The van der Waals surface area contributed by atoms with Gasteiger partial charge in [0.05, 0.1) is 14.2 Å². The van der Waals surface area contributed by atoms with Crippen LogP contribution in [-0.4, -0.2) is 5.78 Å². The molecule has 0 saturated carbocycles. The van der Waals surface area contributed by atoms with Gasteiger partial charge in [-0.2, -0.15) is 0 Å². The zero-order valence-corrected chi connectivity index (χ0v) is 12.4. The highest BCUT2D eigenvalue weighted by Crippen LogP contribution is 2.34. The molecule has 0 N–H and O–H groups in total. The molecule has 0 atom stereocenters. The molecular formula is C11H3Br2F3OS. The number of benzene rings is 1. The first-order valence-corrected chi connectivity index (χ1v) is 6.94. The first-order valence-electron chi connectivity index (χ1n) is 4.54. The summed E-state index contributed by atoms with van der Waals surface area (Å²) < 4.78 is 40.9. The lowest BCUT2D eigenvalue weighted by Crippen LogP contribution is -2.06. The Labute approximate surface area is 121 Å². The maximum Gasteiger partial charge on any atom is 0.208 e. The minimum absolute atomic E-state index is 0.151. The highest BCUT2D eigenvalue weighted by atomic mass is 79.9. The van der Waals surface area contributed by atoms with Gasteiger partial charge >= 0.3 is 0 Å². The van der Waals surface area contributed by atoms with Gasteiger partial charge in [-0.25, -0.2) is 13.2 Å². The molecular weight excluding hydrogens is 397 g/mol. The smallest absolute Gasteiger partial charge is 0.208 e. The van der Waals surface area contributed by atoms with Crippen LogP contribution in [0.4, 0.5) is 13.2 Å². The van der Waals surface area contributed by atoms with Crippen LogP contribution in [0, 0.1) is 17.5 Å².